The van der Waals surface area contributed by atoms with E-state index in [4.69, 9.17) is 10.5 Å². The van der Waals surface area contributed by atoms with Crippen molar-refractivity contribution in [2.45, 2.75) is 6.54 Å². The highest BCUT2D eigenvalue weighted by Gasteiger charge is 2.11. The van der Waals surface area contributed by atoms with Crippen molar-refractivity contribution >= 4 is 16.6 Å². The van der Waals surface area contributed by atoms with Crippen LogP contribution in [-0.4, -0.2) is 32.3 Å². The molecule has 0 fully saturated rings. The number of benzene rings is 1. The van der Waals surface area contributed by atoms with Gasteiger partial charge < -0.3 is 15.4 Å². The van der Waals surface area contributed by atoms with Crippen LogP contribution in [-0.2, 0) is 11.3 Å². The number of ether oxygens (including phenoxy) is 1. The molecule has 0 amide bonds. The quantitative estimate of drug-likeness (QED) is 0.872. The summed E-state index contributed by atoms with van der Waals surface area (Å²) in [5, 5.41) is 1.14. The molecule has 1 aromatic carbocycles. The summed E-state index contributed by atoms with van der Waals surface area (Å²) >= 11 is 0. The van der Waals surface area contributed by atoms with E-state index in [1.54, 1.807) is 7.11 Å². The first kappa shape index (κ1) is 12.8. The summed E-state index contributed by atoms with van der Waals surface area (Å²) in [6.07, 6.45) is 1.86. The Hall–Kier alpha value is -1.65. The van der Waals surface area contributed by atoms with E-state index < -0.39 is 0 Å². The fourth-order valence-corrected chi connectivity index (χ4v) is 2.11. The van der Waals surface area contributed by atoms with Crippen molar-refractivity contribution in [2.24, 2.45) is 5.73 Å². The van der Waals surface area contributed by atoms with E-state index in [-0.39, 0.29) is 0 Å². The van der Waals surface area contributed by atoms with Gasteiger partial charge >= 0.3 is 0 Å². The Balaban J connectivity index is 2.50. The highest BCUT2D eigenvalue weighted by Crippen LogP contribution is 2.28. The molecule has 4 heteroatoms. The van der Waals surface area contributed by atoms with Gasteiger partial charge in [-0.25, -0.2) is 0 Å². The maximum atomic E-state index is 5.81. The van der Waals surface area contributed by atoms with Crippen molar-refractivity contribution in [1.82, 2.24) is 4.98 Å². The van der Waals surface area contributed by atoms with Gasteiger partial charge in [-0.05, 0) is 6.07 Å². The second-order valence-electron chi connectivity index (χ2n) is 4.27. The summed E-state index contributed by atoms with van der Waals surface area (Å²) in [6, 6.07) is 8.12. The van der Waals surface area contributed by atoms with Crippen LogP contribution >= 0.6 is 0 Å². The number of fused-ring (bicyclic) bond motifs is 1. The molecule has 1 heterocycles. The van der Waals surface area contributed by atoms with Crippen LogP contribution in [0.1, 0.15) is 5.56 Å². The molecule has 1 aromatic heterocycles. The van der Waals surface area contributed by atoms with Crippen molar-refractivity contribution in [3.05, 3.63) is 36.0 Å². The molecular formula is C14H19N3O. The number of methoxy groups -OCH3 is 1. The Morgan fingerprint density at radius 1 is 1.33 bits per heavy atom. The molecule has 0 aliphatic heterocycles. The smallest absolute Gasteiger partial charge is 0.0723 e. The first-order valence-corrected chi connectivity index (χ1v) is 6.04. The van der Waals surface area contributed by atoms with Gasteiger partial charge in [0, 0.05) is 44.4 Å². The molecule has 2 N–H and O–H groups in total. The average molecular weight is 245 g/mol. The van der Waals surface area contributed by atoms with E-state index in [1.807, 2.05) is 24.4 Å². The van der Waals surface area contributed by atoms with Gasteiger partial charge in [0.1, 0.15) is 0 Å². The van der Waals surface area contributed by atoms with Crippen molar-refractivity contribution in [3.8, 4) is 0 Å². The minimum absolute atomic E-state index is 0.491. The lowest BCUT2D eigenvalue weighted by Gasteiger charge is -2.23. The molecule has 0 saturated carbocycles. The van der Waals surface area contributed by atoms with Gasteiger partial charge in [-0.2, -0.15) is 0 Å². The second-order valence-corrected chi connectivity index (χ2v) is 4.27. The van der Waals surface area contributed by atoms with Crippen LogP contribution in [0.5, 0.6) is 0 Å². The molecule has 4 nitrogen and oxygen atoms in total. The lowest BCUT2D eigenvalue weighted by atomic mass is 10.1. The van der Waals surface area contributed by atoms with Crippen LogP contribution in [0.15, 0.2) is 30.5 Å². The van der Waals surface area contributed by atoms with Gasteiger partial charge in [-0.15, -0.1) is 0 Å². The molecule has 96 valence electrons. The van der Waals surface area contributed by atoms with Crippen LogP contribution < -0.4 is 10.6 Å². The Labute approximate surface area is 107 Å². The van der Waals surface area contributed by atoms with Crippen molar-refractivity contribution in [3.63, 3.8) is 0 Å². The molecule has 2 rings (SSSR count). The van der Waals surface area contributed by atoms with E-state index in [9.17, 15) is 0 Å². The summed E-state index contributed by atoms with van der Waals surface area (Å²) in [6.45, 7) is 2.01. The number of anilines is 1. The Morgan fingerprint density at radius 3 is 2.83 bits per heavy atom. The van der Waals surface area contributed by atoms with Crippen LogP contribution in [0.4, 0.5) is 5.69 Å². The maximum absolute atomic E-state index is 5.81. The van der Waals surface area contributed by atoms with Gasteiger partial charge in [-0.1, -0.05) is 18.2 Å². The van der Waals surface area contributed by atoms with Gasteiger partial charge in [0.15, 0.2) is 0 Å². The Kier molecular flexibility index (Phi) is 4.12. The third-order valence-electron chi connectivity index (χ3n) is 3.06. The molecule has 2 aromatic rings. The number of nitrogens with zero attached hydrogens (tertiary/aromatic N) is 2. The van der Waals surface area contributed by atoms with Crippen molar-refractivity contribution in [1.29, 1.82) is 0 Å². The van der Waals surface area contributed by atoms with Crippen molar-refractivity contribution in [2.75, 3.05) is 32.2 Å². The van der Waals surface area contributed by atoms with Gasteiger partial charge in [0.05, 0.1) is 17.8 Å². The number of hydrogen-bond acceptors (Lipinski definition) is 4. The molecule has 0 bridgehead atoms. The van der Waals surface area contributed by atoms with E-state index >= 15 is 0 Å². The average Bonchev–Trinajstić information content (AvgIpc) is 2.43. The number of likely N-dealkylation sites (N-methyl/N-ethyl adjacent to an activating group) is 1. The molecule has 0 spiro atoms. The molecule has 0 aliphatic rings. The number of aromatic nitrogens is 1. The zero-order valence-corrected chi connectivity index (χ0v) is 10.9. The molecule has 18 heavy (non-hydrogen) atoms. The summed E-state index contributed by atoms with van der Waals surface area (Å²) in [5.74, 6) is 0. The zero-order valence-electron chi connectivity index (χ0n) is 10.9. The fraction of sp³-hybridized carbons (Fsp3) is 0.357. The number of para-hydroxylation sites is 1. The predicted molar refractivity (Wildman–Crippen MR) is 74.8 cm³/mol. The van der Waals surface area contributed by atoms with Crippen LogP contribution in [0.25, 0.3) is 10.9 Å². The predicted octanol–water partition coefficient (Wildman–Crippen LogP) is 1.78. The van der Waals surface area contributed by atoms with E-state index in [0.29, 0.717) is 13.2 Å². The third-order valence-corrected chi connectivity index (χ3v) is 3.06. The minimum atomic E-state index is 0.491. The maximum Gasteiger partial charge on any atom is 0.0723 e. The summed E-state index contributed by atoms with van der Waals surface area (Å²) < 4.78 is 5.13. The molecule has 0 atom stereocenters. The van der Waals surface area contributed by atoms with Gasteiger partial charge in [-0.3, -0.25) is 4.98 Å². The standard InChI is InChI=1S/C14H19N3O/c1-17(7-8-18-2)14-11(9-15)10-16-13-6-4-3-5-12(13)14/h3-6,10H,7-9,15H2,1-2H3. The van der Waals surface area contributed by atoms with Crippen molar-refractivity contribution < 1.29 is 4.74 Å². The monoisotopic (exact) mass is 245 g/mol. The lowest BCUT2D eigenvalue weighted by molar-refractivity contribution is 0.206. The van der Waals surface area contributed by atoms with Crippen LogP contribution in [0.3, 0.4) is 0 Å². The number of nitrogens with two attached hydrogens (primary N) is 1. The summed E-state index contributed by atoms with van der Waals surface area (Å²) in [4.78, 5) is 6.61. The number of rotatable bonds is 5. The topological polar surface area (TPSA) is 51.4 Å². The SMILES string of the molecule is COCCN(C)c1c(CN)cnc2ccccc12. The zero-order chi connectivity index (χ0) is 13.0. The number of pyridine rings is 1. The molecule has 0 unspecified atom stereocenters. The molecular weight excluding hydrogens is 226 g/mol. The highest BCUT2D eigenvalue weighted by atomic mass is 16.5. The normalized spacial score (nSPS) is 10.8. The summed E-state index contributed by atoms with van der Waals surface area (Å²) in [7, 11) is 3.77. The van der Waals surface area contributed by atoms with E-state index in [2.05, 4.69) is 23.0 Å². The molecule has 0 radical (unpaired) electrons. The minimum Gasteiger partial charge on any atom is -0.383 e. The summed E-state index contributed by atoms with van der Waals surface area (Å²) in [5.41, 5.74) is 9.02. The molecule has 0 aliphatic carbocycles. The Bertz CT molecular complexity index is 527. The first-order valence-electron chi connectivity index (χ1n) is 6.04. The first-order chi connectivity index (χ1) is 8.77. The number of hydrogen-bond donors (Lipinski definition) is 1. The van der Waals surface area contributed by atoms with Crippen LogP contribution in [0, 0.1) is 0 Å². The van der Waals surface area contributed by atoms with E-state index in [1.165, 1.54) is 0 Å². The van der Waals surface area contributed by atoms with E-state index in [0.717, 1.165) is 28.7 Å². The molecule has 0 saturated heterocycles. The third kappa shape index (κ3) is 2.44. The highest BCUT2D eigenvalue weighted by molar-refractivity contribution is 5.93. The fourth-order valence-electron chi connectivity index (χ4n) is 2.11. The largest absolute Gasteiger partial charge is 0.383 e. The second kappa shape index (κ2) is 5.80. The lowest BCUT2D eigenvalue weighted by Crippen LogP contribution is -2.24. The van der Waals surface area contributed by atoms with Gasteiger partial charge in [0.2, 0.25) is 0 Å². The van der Waals surface area contributed by atoms with Crippen LogP contribution in [0.2, 0.25) is 0 Å². The van der Waals surface area contributed by atoms with Gasteiger partial charge in [0.25, 0.3) is 0 Å². The Morgan fingerprint density at radius 2 is 2.11 bits per heavy atom.